The summed E-state index contributed by atoms with van der Waals surface area (Å²) in [5, 5.41) is 3.56. The molecular formula is C13H17ClINO. The van der Waals surface area contributed by atoms with E-state index in [1.807, 2.05) is 0 Å². The van der Waals surface area contributed by atoms with E-state index in [-0.39, 0.29) is 5.91 Å². The molecule has 0 atom stereocenters. The molecule has 0 bridgehead atoms. The maximum Gasteiger partial charge on any atom is 0.251 e. The van der Waals surface area contributed by atoms with Crippen LogP contribution in [0.2, 0.25) is 5.02 Å². The molecule has 2 nitrogen and oxygen atoms in total. The molecular weight excluding hydrogens is 349 g/mol. The third kappa shape index (κ3) is 6.27. The highest BCUT2D eigenvalue weighted by molar-refractivity contribution is 14.1. The molecule has 0 aliphatic rings. The fourth-order valence-corrected chi connectivity index (χ4v) is 2.14. The van der Waals surface area contributed by atoms with Crippen LogP contribution in [0.5, 0.6) is 0 Å². The molecule has 94 valence electrons. The van der Waals surface area contributed by atoms with Gasteiger partial charge in [-0.25, -0.2) is 0 Å². The minimum Gasteiger partial charge on any atom is -0.352 e. The third-order valence-electron chi connectivity index (χ3n) is 2.45. The summed E-state index contributed by atoms with van der Waals surface area (Å²) in [6.07, 6.45) is 4.76. The summed E-state index contributed by atoms with van der Waals surface area (Å²) in [7, 11) is 0. The second kappa shape index (κ2) is 8.75. The first-order valence-corrected chi connectivity index (χ1v) is 7.74. The van der Waals surface area contributed by atoms with E-state index in [0.29, 0.717) is 10.6 Å². The second-order valence-corrected chi connectivity index (χ2v) is 5.38. The number of hydrogen-bond donors (Lipinski definition) is 1. The highest BCUT2D eigenvalue weighted by atomic mass is 127. The molecule has 0 unspecified atom stereocenters. The molecule has 1 aromatic rings. The highest BCUT2D eigenvalue weighted by Crippen LogP contribution is 2.09. The Bertz CT molecular complexity index is 340. The lowest BCUT2D eigenvalue weighted by Gasteiger charge is -2.05. The summed E-state index contributed by atoms with van der Waals surface area (Å²) < 4.78 is 1.22. The van der Waals surface area contributed by atoms with Gasteiger partial charge in [-0.05, 0) is 41.5 Å². The van der Waals surface area contributed by atoms with Crippen molar-refractivity contribution in [1.82, 2.24) is 5.32 Å². The van der Waals surface area contributed by atoms with Crippen molar-refractivity contribution < 1.29 is 4.79 Å². The van der Waals surface area contributed by atoms with Crippen LogP contribution in [0.4, 0.5) is 0 Å². The third-order valence-corrected chi connectivity index (χ3v) is 3.47. The lowest BCUT2D eigenvalue weighted by molar-refractivity contribution is 0.0953. The van der Waals surface area contributed by atoms with Crippen LogP contribution in [-0.2, 0) is 0 Å². The van der Waals surface area contributed by atoms with Crippen LogP contribution >= 0.6 is 34.2 Å². The summed E-state index contributed by atoms with van der Waals surface area (Å²) in [6, 6.07) is 6.95. The quantitative estimate of drug-likeness (QED) is 0.440. The van der Waals surface area contributed by atoms with Crippen LogP contribution in [0.15, 0.2) is 24.3 Å². The Labute approximate surface area is 121 Å². The van der Waals surface area contributed by atoms with Gasteiger partial charge in [0.25, 0.3) is 5.91 Å². The van der Waals surface area contributed by atoms with Crippen molar-refractivity contribution in [3.63, 3.8) is 0 Å². The molecule has 0 aliphatic heterocycles. The first kappa shape index (κ1) is 14.8. The lowest BCUT2D eigenvalue weighted by Crippen LogP contribution is -2.24. The maximum atomic E-state index is 11.7. The second-order valence-electron chi connectivity index (χ2n) is 3.87. The van der Waals surface area contributed by atoms with Crippen molar-refractivity contribution >= 4 is 40.1 Å². The van der Waals surface area contributed by atoms with Gasteiger partial charge in [-0.1, -0.05) is 47.0 Å². The summed E-state index contributed by atoms with van der Waals surface area (Å²) in [5.41, 5.74) is 0.668. The number of nitrogens with one attached hydrogen (secondary N) is 1. The van der Waals surface area contributed by atoms with Gasteiger partial charge < -0.3 is 5.32 Å². The number of rotatable bonds is 7. The van der Waals surface area contributed by atoms with Gasteiger partial charge in [-0.2, -0.15) is 0 Å². The number of hydrogen-bond acceptors (Lipinski definition) is 1. The fourth-order valence-electron chi connectivity index (χ4n) is 1.48. The molecule has 17 heavy (non-hydrogen) atoms. The van der Waals surface area contributed by atoms with Gasteiger partial charge >= 0.3 is 0 Å². The molecule has 0 radical (unpaired) electrons. The molecule has 1 rings (SSSR count). The van der Waals surface area contributed by atoms with Crippen molar-refractivity contribution in [3.05, 3.63) is 34.9 Å². The molecule has 1 N–H and O–H groups in total. The van der Waals surface area contributed by atoms with Crippen molar-refractivity contribution in [1.29, 1.82) is 0 Å². The Morgan fingerprint density at radius 2 is 1.76 bits per heavy atom. The number of carbonyl (C=O) groups is 1. The number of halogens is 2. The van der Waals surface area contributed by atoms with Crippen LogP contribution in [0.3, 0.4) is 0 Å². The summed E-state index contributed by atoms with van der Waals surface area (Å²) in [6.45, 7) is 0.753. The normalized spacial score (nSPS) is 10.2. The van der Waals surface area contributed by atoms with Crippen LogP contribution in [0.1, 0.15) is 36.0 Å². The van der Waals surface area contributed by atoms with E-state index in [0.717, 1.165) is 13.0 Å². The highest BCUT2D eigenvalue weighted by Gasteiger charge is 2.03. The van der Waals surface area contributed by atoms with Crippen LogP contribution in [0.25, 0.3) is 0 Å². The smallest absolute Gasteiger partial charge is 0.251 e. The van der Waals surface area contributed by atoms with E-state index in [4.69, 9.17) is 11.6 Å². The molecule has 0 heterocycles. The predicted molar refractivity (Wildman–Crippen MR) is 81.1 cm³/mol. The zero-order valence-electron chi connectivity index (χ0n) is 9.72. The van der Waals surface area contributed by atoms with Crippen LogP contribution < -0.4 is 5.32 Å². The molecule has 0 saturated carbocycles. The van der Waals surface area contributed by atoms with E-state index < -0.39 is 0 Å². The topological polar surface area (TPSA) is 29.1 Å². The Kier molecular flexibility index (Phi) is 7.60. The Hall–Kier alpha value is -0.290. The first-order valence-electron chi connectivity index (χ1n) is 5.84. The number of unbranched alkanes of at least 4 members (excludes halogenated alkanes) is 3. The molecule has 0 spiro atoms. The molecule has 1 amide bonds. The zero-order chi connectivity index (χ0) is 12.5. The molecule has 0 aliphatic carbocycles. The van der Waals surface area contributed by atoms with Gasteiger partial charge in [0.2, 0.25) is 0 Å². The number of benzene rings is 1. The molecule has 0 fully saturated rings. The molecule has 0 saturated heterocycles. The molecule has 1 aromatic carbocycles. The van der Waals surface area contributed by atoms with Crippen LogP contribution in [-0.4, -0.2) is 16.9 Å². The SMILES string of the molecule is O=C(NCCCCCCI)c1ccc(Cl)cc1. The van der Waals surface area contributed by atoms with E-state index >= 15 is 0 Å². The lowest BCUT2D eigenvalue weighted by atomic mass is 10.2. The van der Waals surface area contributed by atoms with Gasteiger partial charge in [-0.15, -0.1) is 0 Å². The predicted octanol–water partition coefficient (Wildman–Crippen LogP) is 4.07. The Morgan fingerprint density at radius 3 is 2.41 bits per heavy atom. The first-order chi connectivity index (χ1) is 8.24. The van der Waals surface area contributed by atoms with Gasteiger partial charge in [0.1, 0.15) is 0 Å². The van der Waals surface area contributed by atoms with E-state index in [9.17, 15) is 4.79 Å². The Balaban J connectivity index is 2.19. The Morgan fingerprint density at radius 1 is 1.12 bits per heavy atom. The van der Waals surface area contributed by atoms with Crippen molar-refractivity contribution in [3.8, 4) is 0 Å². The monoisotopic (exact) mass is 365 g/mol. The van der Waals surface area contributed by atoms with E-state index in [1.54, 1.807) is 24.3 Å². The van der Waals surface area contributed by atoms with Crippen molar-refractivity contribution in [2.24, 2.45) is 0 Å². The van der Waals surface area contributed by atoms with Gasteiger partial charge in [0.05, 0.1) is 0 Å². The number of alkyl halides is 1. The average Bonchev–Trinajstić information content (AvgIpc) is 2.34. The largest absolute Gasteiger partial charge is 0.352 e. The average molecular weight is 366 g/mol. The van der Waals surface area contributed by atoms with Gasteiger partial charge in [-0.3, -0.25) is 4.79 Å². The van der Waals surface area contributed by atoms with Gasteiger partial charge in [0.15, 0.2) is 0 Å². The fraction of sp³-hybridized carbons (Fsp3) is 0.462. The maximum absolute atomic E-state index is 11.7. The van der Waals surface area contributed by atoms with Crippen molar-refractivity contribution in [2.45, 2.75) is 25.7 Å². The number of carbonyl (C=O) groups excluding carboxylic acids is 1. The number of amides is 1. The summed E-state index contributed by atoms with van der Waals surface area (Å²) in [4.78, 5) is 11.7. The summed E-state index contributed by atoms with van der Waals surface area (Å²) in [5.74, 6) is -0.0180. The van der Waals surface area contributed by atoms with E-state index in [2.05, 4.69) is 27.9 Å². The van der Waals surface area contributed by atoms with Gasteiger partial charge in [0, 0.05) is 17.1 Å². The zero-order valence-corrected chi connectivity index (χ0v) is 12.6. The van der Waals surface area contributed by atoms with E-state index in [1.165, 1.54) is 23.7 Å². The van der Waals surface area contributed by atoms with Crippen molar-refractivity contribution in [2.75, 3.05) is 11.0 Å². The van der Waals surface area contributed by atoms with Crippen LogP contribution in [0, 0.1) is 0 Å². The molecule has 0 aromatic heterocycles. The standard InChI is InChI=1S/C13H17ClINO/c14-12-7-5-11(6-8-12)13(17)16-10-4-2-1-3-9-15/h5-8H,1-4,9-10H2,(H,16,17). The summed E-state index contributed by atoms with van der Waals surface area (Å²) >= 11 is 8.15. The minimum atomic E-state index is -0.0180. The minimum absolute atomic E-state index is 0.0180. The molecule has 4 heteroatoms.